The Morgan fingerprint density at radius 2 is 1.81 bits per heavy atom. The number of rotatable bonds is 2. The fourth-order valence-electron chi connectivity index (χ4n) is 2.42. The van der Waals surface area contributed by atoms with E-state index in [1.807, 2.05) is 61.5 Å². The number of benzene rings is 2. The maximum atomic E-state index is 5.43. The number of fused-ring (bicyclic) bond motifs is 1. The number of hydrogen-bond donors (Lipinski definition) is 0. The molecule has 0 amide bonds. The Kier molecular flexibility index (Phi) is 2.60. The summed E-state index contributed by atoms with van der Waals surface area (Å²) in [7, 11) is 0. The van der Waals surface area contributed by atoms with Gasteiger partial charge < -0.3 is 4.42 Å². The molecule has 0 saturated heterocycles. The van der Waals surface area contributed by atoms with Gasteiger partial charge in [0.1, 0.15) is 11.3 Å². The molecule has 4 rings (SSSR count). The fraction of sp³-hybridized carbons (Fsp3) is 0.0588. The minimum absolute atomic E-state index is 0.837. The van der Waals surface area contributed by atoms with Gasteiger partial charge in [0.2, 0.25) is 0 Å². The summed E-state index contributed by atoms with van der Waals surface area (Å²) in [5, 5.41) is 10.2. The highest BCUT2D eigenvalue weighted by atomic mass is 16.3. The van der Waals surface area contributed by atoms with Crippen molar-refractivity contribution in [3.8, 4) is 16.9 Å². The van der Waals surface area contributed by atoms with Crippen molar-refractivity contribution >= 4 is 11.0 Å². The van der Waals surface area contributed by atoms with E-state index in [0.29, 0.717) is 0 Å². The van der Waals surface area contributed by atoms with Gasteiger partial charge in [0.15, 0.2) is 0 Å². The largest absolute Gasteiger partial charge is 0.464 e. The van der Waals surface area contributed by atoms with Gasteiger partial charge >= 0.3 is 0 Å². The molecule has 0 unspecified atom stereocenters. The molecule has 0 bridgehead atoms. The third-order valence-electron chi connectivity index (χ3n) is 3.50. The second-order valence-corrected chi connectivity index (χ2v) is 4.93. The van der Waals surface area contributed by atoms with E-state index in [9.17, 15) is 0 Å². The molecule has 0 fully saturated rings. The average molecular weight is 275 g/mol. The molecule has 0 aliphatic rings. The lowest BCUT2D eigenvalue weighted by molar-refractivity contribution is 0.614. The molecule has 2 aromatic heterocycles. The molecule has 0 aliphatic carbocycles. The second-order valence-electron chi connectivity index (χ2n) is 4.93. The van der Waals surface area contributed by atoms with E-state index in [1.54, 1.807) is 11.1 Å². The lowest BCUT2D eigenvalue weighted by atomic mass is 10.1. The molecule has 2 aromatic carbocycles. The number of furan rings is 1. The van der Waals surface area contributed by atoms with E-state index in [2.05, 4.69) is 10.2 Å². The Bertz CT molecular complexity index is 906. The molecule has 0 aliphatic heterocycles. The molecule has 0 spiro atoms. The van der Waals surface area contributed by atoms with Crippen molar-refractivity contribution in [2.45, 2.75) is 6.92 Å². The molecule has 0 atom stereocenters. The van der Waals surface area contributed by atoms with Crippen molar-refractivity contribution in [2.24, 2.45) is 0 Å². The Morgan fingerprint density at radius 3 is 2.67 bits per heavy atom. The molecule has 0 N–H and O–H groups in total. The molecule has 102 valence electrons. The molecule has 0 saturated carbocycles. The first kappa shape index (κ1) is 11.9. The Morgan fingerprint density at radius 1 is 0.952 bits per heavy atom. The second kappa shape index (κ2) is 4.59. The molecule has 4 aromatic rings. The molecule has 2 heterocycles. The first-order valence-electron chi connectivity index (χ1n) is 6.78. The first-order valence-corrected chi connectivity index (χ1v) is 6.78. The smallest absolute Gasteiger partial charge is 0.136 e. The van der Waals surface area contributed by atoms with Crippen molar-refractivity contribution in [2.75, 3.05) is 0 Å². The van der Waals surface area contributed by atoms with Gasteiger partial charge in [0.05, 0.1) is 17.6 Å². The topological polar surface area (TPSA) is 43.9 Å². The quantitative estimate of drug-likeness (QED) is 0.555. The minimum Gasteiger partial charge on any atom is -0.464 e. The lowest BCUT2D eigenvalue weighted by Crippen LogP contribution is -1.98. The zero-order valence-electron chi connectivity index (χ0n) is 11.5. The summed E-state index contributed by atoms with van der Waals surface area (Å²) in [6.45, 7) is 1.97. The molecule has 0 radical (unpaired) electrons. The van der Waals surface area contributed by atoms with Crippen LogP contribution >= 0.6 is 0 Å². The van der Waals surface area contributed by atoms with Gasteiger partial charge in [-0.25, -0.2) is 0 Å². The van der Waals surface area contributed by atoms with Crippen LogP contribution < -0.4 is 0 Å². The van der Waals surface area contributed by atoms with Crippen molar-refractivity contribution in [3.05, 3.63) is 66.6 Å². The third kappa shape index (κ3) is 2.01. The van der Waals surface area contributed by atoms with E-state index in [1.165, 1.54) is 0 Å². The monoisotopic (exact) mass is 275 g/mol. The Balaban J connectivity index is 1.82. The number of hydrogen-bond acceptors (Lipinski definition) is 3. The van der Waals surface area contributed by atoms with Crippen LogP contribution in [0.4, 0.5) is 0 Å². The standard InChI is InChI=1S/C17H13N3O/c1-12-17(14-5-3-2-4-6-14)19-20(18-12)15-8-7-13-9-10-21-16(13)11-15/h2-11H,1H3. The summed E-state index contributed by atoms with van der Waals surface area (Å²) in [6.07, 6.45) is 1.69. The van der Waals surface area contributed by atoms with Crippen molar-refractivity contribution in [1.29, 1.82) is 0 Å². The SMILES string of the molecule is Cc1nn(-c2ccc3ccoc3c2)nc1-c1ccccc1. The van der Waals surface area contributed by atoms with Gasteiger partial charge in [0.25, 0.3) is 0 Å². The predicted molar refractivity (Wildman–Crippen MR) is 81.3 cm³/mol. The number of aryl methyl sites for hydroxylation is 1. The van der Waals surface area contributed by atoms with E-state index in [4.69, 9.17) is 4.42 Å². The number of aromatic nitrogens is 3. The van der Waals surface area contributed by atoms with Gasteiger partial charge in [-0.2, -0.15) is 9.90 Å². The van der Waals surface area contributed by atoms with Crippen LogP contribution in [0.25, 0.3) is 27.9 Å². The van der Waals surface area contributed by atoms with E-state index < -0.39 is 0 Å². The highest BCUT2D eigenvalue weighted by Crippen LogP contribution is 2.22. The van der Waals surface area contributed by atoms with Crippen LogP contribution in [0.5, 0.6) is 0 Å². The fourth-order valence-corrected chi connectivity index (χ4v) is 2.42. The van der Waals surface area contributed by atoms with Crippen LogP contribution in [0, 0.1) is 6.92 Å². The lowest BCUT2D eigenvalue weighted by Gasteiger charge is -1.99. The summed E-state index contributed by atoms with van der Waals surface area (Å²) in [5.74, 6) is 0. The van der Waals surface area contributed by atoms with Gasteiger partial charge in [0, 0.05) is 17.0 Å². The van der Waals surface area contributed by atoms with Crippen molar-refractivity contribution in [1.82, 2.24) is 15.0 Å². The molecular formula is C17H13N3O. The van der Waals surface area contributed by atoms with Gasteiger partial charge in [-0.1, -0.05) is 30.3 Å². The Labute approximate surface area is 121 Å². The van der Waals surface area contributed by atoms with Gasteiger partial charge in [-0.15, -0.1) is 5.10 Å². The Hall–Kier alpha value is -2.88. The van der Waals surface area contributed by atoms with Crippen molar-refractivity contribution in [3.63, 3.8) is 0 Å². The summed E-state index contributed by atoms with van der Waals surface area (Å²) in [6, 6.07) is 18.0. The predicted octanol–water partition coefficient (Wildman–Crippen LogP) is 3.99. The van der Waals surface area contributed by atoms with Crippen molar-refractivity contribution < 1.29 is 4.42 Å². The van der Waals surface area contributed by atoms with Crippen LogP contribution in [0.3, 0.4) is 0 Å². The average Bonchev–Trinajstić information content (AvgIpc) is 3.13. The van der Waals surface area contributed by atoms with Crippen LogP contribution in [-0.4, -0.2) is 15.0 Å². The van der Waals surface area contributed by atoms with Gasteiger partial charge in [-0.3, -0.25) is 0 Å². The number of nitrogens with zero attached hydrogens (tertiary/aromatic N) is 3. The summed E-state index contributed by atoms with van der Waals surface area (Å²) < 4.78 is 5.43. The molecule has 21 heavy (non-hydrogen) atoms. The zero-order valence-corrected chi connectivity index (χ0v) is 11.5. The summed E-state index contributed by atoms with van der Waals surface area (Å²) in [4.78, 5) is 1.65. The van der Waals surface area contributed by atoms with Crippen LogP contribution in [0.1, 0.15) is 5.69 Å². The van der Waals surface area contributed by atoms with Gasteiger partial charge in [-0.05, 0) is 25.1 Å². The van der Waals surface area contributed by atoms with Crippen LogP contribution in [-0.2, 0) is 0 Å². The van der Waals surface area contributed by atoms with Crippen LogP contribution in [0.15, 0.2) is 65.3 Å². The molecular weight excluding hydrogens is 262 g/mol. The van der Waals surface area contributed by atoms with E-state index in [-0.39, 0.29) is 0 Å². The molecule has 4 nitrogen and oxygen atoms in total. The normalized spacial score (nSPS) is 11.1. The van der Waals surface area contributed by atoms with E-state index >= 15 is 0 Å². The maximum absolute atomic E-state index is 5.43. The zero-order chi connectivity index (χ0) is 14.2. The van der Waals surface area contributed by atoms with Crippen LogP contribution in [0.2, 0.25) is 0 Å². The molecule has 4 heteroatoms. The summed E-state index contributed by atoms with van der Waals surface area (Å²) in [5.41, 5.74) is 4.60. The highest BCUT2D eigenvalue weighted by Gasteiger charge is 2.11. The maximum Gasteiger partial charge on any atom is 0.136 e. The first-order chi connectivity index (χ1) is 10.3. The highest BCUT2D eigenvalue weighted by molar-refractivity contribution is 5.79. The minimum atomic E-state index is 0.837. The summed E-state index contributed by atoms with van der Waals surface area (Å²) >= 11 is 0. The third-order valence-corrected chi connectivity index (χ3v) is 3.50. The van der Waals surface area contributed by atoms with E-state index in [0.717, 1.165) is 33.6 Å².